The highest BCUT2D eigenvalue weighted by molar-refractivity contribution is 6.39. The zero-order valence-corrected chi connectivity index (χ0v) is 16.7. The molecule has 2 N–H and O–H groups in total. The van der Waals surface area contributed by atoms with Crippen LogP contribution in [0.2, 0.25) is 0 Å². The predicted molar refractivity (Wildman–Crippen MR) is 106 cm³/mol. The molecule has 0 aliphatic rings. The summed E-state index contributed by atoms with van der Waals surface area (Å²) in [5.74, 6) is -0.400. The van der Waals surface area contributed by atoms with Gasteiger partial charge in [0, 0.05) is 34.6 Å². The number of carbonyl (C=O) groups excluding carboxylic acids is 1. The van der Waals surface area contributed by atoms with Gasteiger partial charge in [0.05, 0.1) is 5.56 Å². The van der Waals surface area contributed by atoms with Crippen LogP contribution in [0.3, 0.4) is 0 Å². The highest BCUT2D eigenvalue weighted by Crippen LogP contribution is 2.32. The van der Waals surface area contributed by atoms with E-state index in [-0.39, 0.29) is 0 Å². The fraction of sp³-hybridized carbons (Fsp3) is 0.421. The largest absolute Gasteiger partial charge is 0.456 e. The van der Waals surface area contributed by atoms with E-state index in [1.54, 1.807) is 12.3 Å². The number of nitrogens with zero attached hydrogens (tertiary/aromatic N) is 1. The van der Waals surface area contributed by atoms with E-state index in [9.17, 15) is 4.79 Å². The van der Waals surface area contributed by atoms with Gasteiger partial charge in [-0.05, 0) is 52.3 Å². The van der Waals surface area contributed by atoms with E-state index >= 15 is 0 Å². The van der Waals surface area contributed by atoms with E-state index in [4.69, 9.17) is 33.7 Å². The van der Waals surface area contributed by atoms with Gasteiger partial charge < -0.3 is 15.0 Å². The fourth-order valence-electron chi connectivity index (χ4n) is 2.26. The maximum Gasteiger partial charge on any atom is 0.340 e. The lowest BCUT2D eigenvalue weighted by Gasteiger charge is -2.19. The van der Waals surface area contributed by atoms with Crippen LogP contribution in [0.4, 0.5) is 0 Å². The minimum Gasteiger partial charge on any atom is -0.456 e. The van der Waals surface area contributed by atoms with E-state index in [1.165, 1.54) is 0 Å². The molecule has 6 heteroatoms. The zero-order chi connectivity index (χ0) is 19.2. The molecule has 0 spiro atoms. The van der Waals surface area contributed by atoms with Crippen LogP contribution in [0, 0.1) is 0 Å². The average Bonchev–Trinajstić information content (AvgIpc) is 2.87. The van der Waals surface area contributed by atoms with Gasteiger partial charge in [0.1, 0.15) is 5.60 Å². The number of nitrogens with two attached hydrogens (primary N) is 1. The number of esters is 1. The minimum absolute atomic E-state index is 0.311. The van der Waals surface area contributed by atoms with E-state index in [0.29, 0.717) is 39.9 Å². The second-order valence-electron chi connectivity index (χ2n) is 6.61. The monoisotopic (exact) mass is 384 g/mol. The number of rotatable bonds is 7. The van der Waals surface area contributed by atoms with Crippen molar-refractivity contribution in [2.45, 2.75) is 46.3 Å². The molecule has 0 aromatic carbocycles. The van der Waals surface area contributed by atoms with Gasteiger partial charge in [0.25, 0.3) is 0 Å². The van der Waals surface area contributed by atoms with E-state index in [0.717, 1.165) is 6.42 Å². The van der Waals surface area contributed by atoms with Crippen LogP contribution in [0.1, 0.15) is 50.0 Å². The molecular weight excluding hydrogens is 359 g/mol. The quantitative estimate of drug-likeness (QED) is 0.527. The van der Waals surface area contributed by atoms with Gasteiger partial charge in [-0.2, -0.15) is 0 Å². The first-order chi connectivity index (χ1) is 11.6. The Morgan fingerprint density at radius 3 is 2.40 bits per heavy atom. The summed E-state index contributed by atoms with van der Waals surface area (Å²) in [7, 11) is 0. The third kappa shape index (κ3) is 6.73. The smallest absolute Gasteiger partial charge is 0.340 e. The average molecular weight is 385 g/mol. The number of aryl methyl sites for hydroxylation is 1. The molecule has 0 saturated carbocycles. The Morgan fingerprint density at radius 1 is 1.32 bits per heavy atom. The number of ether oxygens (including phenoxy) is 1. The Hall–Kier alpha value is -1.49. The first kappa shape index (κ1) is 21.6. The summed E-state index contributed by atoms with van der Waals surface area (Å²) < 4.78 is 7.45. The Kier molecular flexibility index (Phi) is 8.00. The molecule has 0 aliphatic carbocycles. The van der Waals surface area contributed by atoms with E-state index in [1.807, 2.05) is 44.5 Å². The number of allylic oxidation sites excluding steroid dienone is 5. The minimum atomic E-state index is -0.589. The molecule has 0 aliphatic heterocycles. The van der Waals surface area contributed by atoms with E-state index < -0.39 is 11.6 Å². The summed E-state index contributed by atoms with van der Waals surface area (Å²) in [4.78, 5) is 12.6. The van der Waals surface area contributed by atoms with Gasteiger partial charge in [-0.1, -0.05) is 35.9 Å². The number of aromatic nitrogens is 1. The molecule has 0 atom stereocenters. The van der Waals surface area contributed by atoms with Gasteiger partial charge >= 0.3 is 5.97 Å². The van der Waals surface area contributed by atoms with Crippen LogP contribution < -0.4 is 5.73 Å². The standard InChI is InChI=1S/C19H26Cl2N2O2/c1-6-14(17(21)10-13(2)20)15-11-23(9-7-8-22)12-16(15)18(24)25-19(3,4)5/h6,10-12H,2,7-9,22H2,1,3-5H3/b14-6-,17-10+. The van der Waals surface area contributed by atoms with Crippen molar-refractivity contribution in [2.24, 2.45) is 5.73 Å². The third-order valence-electron chi connectivity index (χ3n) is 3.24. The van der Waals surface area contributed by atoms with Gasteiger partial charge in [-0.25, -0.2) is 4.79 Å². The molecule has 138 valence electrons. The van der Waals surface area contributed by atoms with Gasteiger partial charge in [0.15, 0.2) is 0 Å². The highest BCUT2D eigenvalue weighted by Gasteiger charge is 2.24. The van der Waals surface area contributed by atoms with E-state index in [2.05, 4.69) is 6.58 Å². The van der Waals surface area contributed by atoms with Crippen molar-refractivity contribution in [1.82, 2.24) is 4.57 Å². The Bertz CT molecular complexity index is 695. The summed E-state index contributed by atoms with van der Waals surface area (Å²) in [6.07, 6.45) is 7.82. The van der Waals surface area contributed by atoms with Crippen LogP contribution >= 0.6 is 23.2 Å². The molecule has 0 amide bonds. The second-order valence-corrected chi connectivity index (χ2v) is 7.50. The molecule has 0 saturated heterocycles. The summed E-state index contributed by atoms with van der Waals surface area (Å²) in [6, 6.07) is 0. The number of halogens is 2. The number of hydrogen-bond donors (Lipinski definition) is 1. The fourth-order valence-corrected chi connectivity index (χ4v) is 2.77. The summed E-state index contributed by atoms with van der Waals surface area (Å²) in [5.41, 5.74) is 6.82. The van der Waals surface area contributed by atoms with Crippen LogP contribution in [-0.2, 0) is 11.3 Å². The van der Waals surface area contributed by atoms with Crippen molar-refractivity contribution in [2.75, 3.05) is 6.54 Å². The molecule has 0 bridgehead atoms. The molecular formula is C19H26Cl2N2O2. The topological polar surface area (TPSA) is 57.2 Å². The SMILES string of the molecule is C=C(Cl)/C=C(Cl)\C(=C/C)c1cn(CCCN)cc1C(=O)OC(C)(C)C. The maximum absolute atomic E-state index is 12.6. The Balaban J connectivity index is 3.37. The van der Waals surface area contributed by atoms with Crippen LogP contribution in [0.5, 0.6) is 0 Å². The van der Waals surface area contributed by atoms with Crippen molar-refractivity contribution in [3.8, 4) is 0 Å². The Morgan fingerprint density at radius 2 is 1.92 bits per heavy atom. The lowest BCUT2D eigenvalue weighted by atomic mass is 10.0. The predicted octanol–water partition coefficient (Wildman–Crippen LogP) is 5.07. The van der Waals surface area contributed by atoms with Crippen LogP contribution in [0.25, 0.3) is 5.57 Å². The molecule has 1 rings (SSSR count). The number of carbonyl (C=O) groups is 1. The number of hydrogen-bond acceptors (Lipinski definition) is 3. The third-order valence-corrected chi connectivity index (χ3v) is 3.66. The molecule has 4 nitrogen and oxygen atoms in total. The first-order valence-electron chi connectivity index (χ1n) is 8.11. The van der Waals surface area contributed by atoms with Gasteiger partial charge in [-0.15, -0.1) is 0 Å². The van der Waals surface area contributed by atoms with Gasteiger partial charge in [0.2, 0.25) is 0 Å². The lowest BCUT2D eigenvalue weighted by Crippen LogP contribution is -2.24. The second kappa shape index (κ2) is 9.27. The van der Waals surface area contributed by atoms with Crippen LogP contribution in [-0.4, -0.2) is 22.7 Å². The van der Waals surface area contributed by atoms with Crippen molar-refractivity contribution in [3.63, 3.8) is 0 Å². The van der Waals surface area contributed by atoms with Crippen molar-refractivity contribution in [3.05, 3.63) is 52.3 Å². The summed E-state index contributed by atoms with van der Waals surface area (Å²) >= 11 is 12.2. The summed E-state index contributed by atoms with van der Waals surface area (Å²) in [5, 5.41) is 0.717. The van der Waals surface area contributed by atoms with Gasteiger partial charge in [-0.3, -0.25) is 0 Å². The molecule has 25 heavy (non-hydrogen) atoms. The lowest BCUT2D eigenvalue weighted by molar-refractivity contribution is 0.00692. The normalized spacial score (nSPS) is 13.1. The van der Waals surface area contributed by atoms with Crippen LogP contribution in [0.15, 0.2) is 41.2 Å². The highest BCUT2D eigenvalue weighted by atomic mass is 35.5. The molecule has 1 aromatic heterocycles. The zero-order valence-electron chi connectivity index (χ0n) is 15.2. The maximum atomic E-state index is 12.6. The van der Waals surface area contributed by atoms with Crippen molar-refractivity contribution in [1.29, 1.82) is 0 Å². The summed E-state index contributed by atoms with van der Waals surface area (Å²) in [6.45, 7) is 12.2. The molecule has 1 aromatic rings. The molecule has 1 heterocycles. The molecule has 0 unspecified atom stereocenters. The van der Waals surface area contributed by atoms with Crippen molar-refractivity contribution < 1.29 is 9.53 Å². The molecule has 0 fully saturated rings. The molecule has 0 radical (unpaired) electrons. The first-order valence-corrected chi connectivity index (χ1v) is 8.86. The Labute approximate surface area is 159 Å². The van der Waals surface area contributed by atoms with Crippen molar-refractivity contribution >= 4 is 34.7 Å².